The summed E-state index contributed by atoms with van der Waals surface area (Å²) in [4.78, 5) is 23.9. The fraction of sp³-hybridized carbons (Fsp3) is 0.300. The smallest absolute Gasteiger partial charge is 0.368 e. The molecule has 0 heterocycles. The summed E-state index contributed by atoms with van der Waals surface area (Å²) in [6.07, 6.45) is -9.15. The SMILES string of the molecule is NC(=O)[C@H](CCCc1ccccc1)NC(=O)c1cc(C(F)(F)F)cc(C(F)(F)F)c1. The van der Waals surface area contributed by atoms with Crippen LogP contribution in [0, 0.1) is 0 Å². The lowest BCUT2D eigenvalue weighted by molar-refractivity contribution is -0.143. The Bertz CT molecular complexity index is 862. The molecule has 2 rings (SSSR count). The summed E-state index contributed by atoms with van der Waals surface area (Å²) in [6.45, 7) is 0. The minimum Gasteiger partial charge on any atom is -0.368 e. The van der Waals surface area contributed by atoms with Crippen molar-refractivity contribution in [3.8, 4) is 0 Å². The lowest BCUT2D eigenvalue weighted by atomic mass is 10.0. The standard InChI is InChI=1S/C20H18F6N2O2/c21-19(22,23)14-9-13(10-15(11-14)20(24,25)26)18(30)28-16(17(27)29)8-4-7-12-5-2-1-3-6-12/h1-3,5-6,9-11,16H,4,7-8H2,(H2,27,29)(H,28,30)/t16-/m0/s1. The predicted molar refractivity (Wildman–Crippen MR) is 96.3 cm³/mol. The number of nitrogens with two attached hydrogens (primary N) is 1. The Balaban J connectivity index is 2.17. The molecule has 1 atom stereocenters. The summed E-state index contributed by atoms with van der Waals surface area (Å²) in [6, 6.07) is 8.41. The van der Waals surface area contributed by atoms with Gasteiger partial charge in [-0.1, -0.05) is 30.3 Å². The summed E-state index contributed by atoms with van der Waals surface area (Å²) in [5, 5.41) is 2.13. The van der Waals surface area contributed by atoms with E-state index in [9.17, 15) is 35.9 Å². The quantitative estimate of drug-likeness (QED) is 0.640. The van der Waals surface area contributed by atoms with Crippen LogP contribution in [0.25, 0.3) is 0 Å². The van der Waals surface area contributed by atoms with Gasteiger partial charge in [-0.05, 0) is 43.0 Å². The molecule has 162 valence electrons. The van der Waals surface area contributed by atoms with Crippen LogP contribution in [0.4, 0.5) is 26.3 Å². The predicted octanol–water partition coefficient (Wildman–Crippen LogP) is 4.33. The van der Waals surface area contributed by atoms with Crippen LogP contribution >= 0.6 is 0 Å². The zero-order valence-electron chi connectivity index (χ0n) is 15.5. The van der Waals surface area contributed by atoms with Crippen molar-refractivity contribution in [3.63, 3.8) is 0 Å². The molecule has 0 saturated heterocycles. The first kappa shape index (κ1) is 23.2. The zero-order chi connectivity index (χ0) is 22.5. The van der Waals surface area contributed by atoms with Crippen molar-refractivity contribution < 1.29 is 35.9 Å². The number of primary amides is 1. The summed E-state index contributed by atoms with van der Waals surface area (Å²) < 4.78 is 77.7. The summed E-state index contributed by atoms with van der Waals surface area (Å²) >= 11 is 0. The zero-order valence-corrected chi connectivity index (χ0v) is 15.5. The fourth-order valence-electron chi connectivity index (χ4n) is 2.77. The Hall–Kier alpha value is -3.04. The molecule has 0 aliphatic carbocycles. The minimum absolute atomic E-state index is 0.0705. The van der Waals surface area contributed by atoms with Gasteiger partial charge < -0.3 is 11.1 Å². The van der Waals surface area contributed by atoms with Crippen LogP contribution < -0.4 is 11.1 Å². The highest BCUT2D eigenvalue weighted by Gasteiger charge is 2.37. The third kappa shape index (κ3) is 6.50. The van der Waals surface area contributed by atoms with Gasteiger partial charge in [0.15, 0.2) is 0 Å². The maximum absolute atomic E-state index is 12.9. The number of alkyl halides is 6. The van der Waals surface area contributed by atoms with E-state index in [1.54, 1.807) is 0 Å². The summed E-state index contributed by atoms with van der Waals surface area (Å²) in [7, 11) is 0. The van der Waals surface area contributed by atoms with Gasteiger partial charge in [0, 0.05) is 5.56 Å². The molecule has 2 amide bonds. The number of carbonyl (C=O) groups is 2. The van der Waals surface area contributed by atoms with Gasteiger partial charge in [0.25, 0.3) is 5.91 Å². The van der Waals surface area contributed by atoms with E-state index in [1.165, 1.54) is 0 Å². The van der Waals surface area contributed by atoms with E-state index in [2.05, 4.69) is 5.32 Å². The molecule has 0 fully saturated rings. The first-order valence-electron chi connectivity index (χ1n) is 8.81. The second-order valence-corrected chi connectivity index (χ2v) is 6.60. The molecule has 30 heavy (non-hydrogen) atoms. The van der Waals surface area contributed by atoms with E-state index < -0.39 is 46.9 Å². The van der Waals surface area contributed by atoms with Crippen molar-refractivity contribution in [3.05, 3.63) is 70.8 Å². The van der Waals surface area contributed by atoms with E-state index >= 15 is 0 Å². The second-order valence-electron chi connectivity index (χ2n) is 6.60. The van der Waals surface area contributed by atoms with Crippen molar-refractivity contribution in [1.82, 2.24) is 5.32 Å². The highest BCUT2D eigenvalue weighted by Crippen LogP contribution is 2.36. The Morgan fingerprint density at radius 1 is 0.900 bits per heavy atom. The van der Waals surface area contributed by atoms with Gasteiger partial charge in [0.1, 0.15) is 6.04 Å². The van der Waals surface area contributed by atoms with Crippen molar-refractivity contribution in [2.75, 3.05) is 0 Å². The van der Waals surface area contributed by atoms with E-state index in [0.29, 0.717) is 25.0 Å². The molecular weight excluding hydrogens is 414 g/mol. The Morgan fingerprint density at radius 2 is 1.43 bits per heavy atom. The minimum atomic E-state index is -5.09. The van der Waals surface area contributed by atoms with Gasteiger partial charge in [-0.15, -0.1) is 0 Å². The number of hydrogen-bond donors (Lipinski definition) is 2. The number of carbonyl (C=O) groups excluding carboxylic acids is 2. The third-order valence-corrected chi connectivity index (χ3v) is 4.30. The Labute approximate surface area is 168 Å². The van der Waals surface area contributed by atoms with Crippen molar-refractivity contribution in [2.24, 2.45) is 5.73 Å². The number of rotatable bonds is 7. The first-order valence-corrected chi connectivity index (χ1v) is 8.81. The highest BCUT2D eigenvalue weighted by atomic mass is 19.4. The Morgan fingerprint density at radius 3 is 1.90 bits per heavy atom. The molecule has 4 nitrogen and oxygen atoms in total. The number of hydrogen-bond acceptors (Lipinski definition) is 2. The molecule has 10 heteroatoms. The molecule has 0 unspecified atom stereocenters. The normalized spacial score (nSPS) is 13.0. The molecule has 0 saturated carbocycles. The lowest BCUT2D eigenvalue weighted by Gasteiger charge is -2.17. The molecule has 0 aliphatic rings. The number of benzene rings is 2. The average molecular weight is 432 g/mol. The van der Waals surface area contributed by atoms with Crippen LogP contribution in [0.1, 0.15) is 39.9 Å². The van der Waals surface area contributed by atoms with Crippen molar-refractivity contribution in [2.45, 2.75) is 37.7 Å². The molecule has 0 aromatic heterocycles. The molecule has 3 N–H and O–H groups in total. The highest BCUT2D eigenvalue weighted by molar-refractivity contribution is 5.97. The molecule has 0 bridgehead atoms. The van der Waals surface area contributed by atoms with Gasteiger partial charge in [-0.3, -0.25) is 9.59 Å². The maximum Gasteiger partial charge on any atom is 0.416 e. The first-order chi connectivity index (χ1) is 13.9. The molecule has 2 aromatic rings. The number of amides is 2. The lowest BCUT2D eigenvalue weighted by Crippen LogP contribution is -2.44. The van der Waals surface area contributed by atoms with Gasteiger partial charge in [-0.25, -0.2) is 0 Å². The van der Waals surface area contributed by atoms with Gasteiger partial charge in [0.05, 0.1) is 11.1 Å². The third-order valence-electron chi connectivity index (χ3n) is 4.30. The molecule has 0 radical (unpaired) electrons. The van der Waals surface area contributed by atoms with Gasteiger partial charge >= 0.3 is 12.4 Å². The number of aryl methyl sites for hydroxylation is 1. The maximum atomic E-state index is 12.9. The van der Waals surface area contributed by atoms with Crippen LogP contribution in [0.3, 0.4) is 0 Å². The van der Waals surface area contributed by atoms with E-state index in [4.69, 9.17) is 5.73 Å². The largest absolute Gasteiger partial charge is 0.416 e. The second kappa shape index (κ2) is 9.19. The molecule has 0 spiro atoms. The molecule has 0 aliphatic heterocycles. The average Bonchev–Trinajstić information content (AvgIpc) is 2.66. The number of nitrogens with one attached hydrogen (secondary N) is 1. The van der Waals surface area contributed by atoms with Crippen molar-refractivity contribution >= 4 is 11.8 Å². The van der Waals surface area contributed by atoms with Crippen LogP contribution in [-0.2, 0) is 23.6 Å². The van der Waals surface area contributed by atoms with Crippen molar-refractivity contribution in [1.29, 1.82) is 0 Å². The van der Waals surface area contributed by atoms with Gasteiger partial charge in [-0.2, -0.15) is 26.3 Å². The van der Waals surface area contributed by atoms with Crippen LogP contribution in [0.15, 0.2) is 48.5 Å². The topological polar surface area (TPSA) is 72.2 Å². The molecular formula is C20H18F6N2O2. The van der Waals surface area contributed by atoms with E-state index in [0.717, 1.165) is 5.56 Å². The summed E-state index contributed by atoms with van der Waals surface area (Å²) in [5.41, 5.74) is 2.07. The van der Waals surface area contributed by atoms with E-state index in [1.807, 2.05) is 30.3 Å². The van der Waals surface area contributed by atoms with Crippen LogP contribution in [0.2, 0.25) is 0 Å². The van der Waals surface area contributed by atoms with Gasteiger partial charge in [0.2, 0.25) is 5.91 Å². The van der Waals surface area contributed by atoms with Crippen LogP contribution in [-0.4, -0.2) is 17.9 Å². The molecule has 2 aromatic carbocycles. The van der Waals surface area contributed by atoms with E-state index in [-0.39, 0.29) is 12.5 Å². The number of halogens is 6. The monoisotopic (exact) mass is 432 g/mol. The summed E-state index contributed by atoms with van der Waals surface area (Å²) in [5.74, 6) is -2.20. The Kier molecular flexibility index (Phi) is 7.12. The van der Waals surface area contributed by atoms with Crippen LogP contribution in [0.5, 0.6) is 0 Å². The fourth-order valence-corrected chi connectivity index (χ4v) is 2.77.